The minimum absolute atomic E-state index is 0.330. The van der Waals surface area contributed by atoms with E-state index < -0.39 is 20.4 Å². The van der Waals surface area contributed by atoms with Crippen molar-refractivity contribution < 1.29 is 8.78 Å². The molecule has 0 aliphatic carbocycles. The summed E-state index contributed by atoms with van der Waals surface area (Å²) in [6, 6.07) is 20.6. The van der Waals surface area contributed by atoms with Crippen LogP contribution in [0.1, 0.15) is 64.0 Å². The molecule has 0 radical (unpaired) electrons. The minimum atomic E-state index is -0.999. The van der Waals surface area contributed by atoms with Crippen LogP contribution in [0.5, 0.6) is 0 Å². The smallest absolute Gasteiger partial charge is 0.166 e. The van der Waals surface area contributed by atoms with Gasteiger partial charge in [0.05, 0.1) is 0 Å². The molecule has 0 aromatic heterocycles. The Labute approximate surface area is 201 Å². The summed E-state index contributed by atoms with van der Waals surface area (Å²) in [4.78, 5) is 0. The molecule has 0 amide bonds. The van der Waals surface area contributed by atoms with Crippen LogP contribution in [0.3, 0.4) is 0 Å². The van der Waals surface area contributed by atoms with Crippen LogP contribution >= 0.6 is 0 Å². The van der Waals surface area contributed by atoms with Gasteiger partial charge in [-0.2, -0.15) is 0 Å². The number of unbranched alkanes of at least 4 members (excludes halogenated alkanes) is 4. The monoisotopic (exact) mass is 466 g/mol. The Morgan fingerprint density at radius 2 is 1.18 bits per heavy atom. The van der Waals surface area contributed by atoms with E-state index in [1.54, 1.807) is 12.1 Å². The van der Waals surface area contributed by atoms with Gasteiger partial charge in [-0.15, -0.1) is 0 Å². The zero-order valence-electron chi connectivity index (χ0n) is 21.1. The van der Waals surface area contributed by atoms with Crippen molar-refractivity contribution in [2.75, 3.05) is 0 Å². The van der Waals surface area contributed by atoms with E-state index >= 15 is 0 Å². The fourth-order valence-corrected chi connectivity index (χ4v) is 5.24. The molecule has 0 unspecified atom stereocenters. The van der Waals surface area contributed by atoms with Crippen LogP contribution in [0.4, 0.5) is 8.78 Å². The van der Waals surface area contributed by atoms with Gasteiger partial charge < -0.3 is 0 Å². The van der Waals surface area contributed by atoms with E-state index in [4.69, 9.17) is 0 Å². The topological polar surface area (TPSA) is 0 Å². The first-order chi connectivity index (χ1) is 16.0. The largest absolute Gasteiger partial charge is 0.203 e. The van der Waals surface area contributed by atoms with Crippen LogP contribution in [-0.2, 0) is 12.5 Å². The van der Waals surface area contributed by atoms with Gasteiger partial charge in [-0.3, -0.25) is 0 Å². The van der Waals surface area contributed by atoms with E-state index in [1.807, 2.05) is 38.1 Å². The molecule has 0 aliphatic rings. The lowest BCUT2D eigenvalue weighted by molar-refractivity contribution is 0.504. The molecule has 3 aromatic rings. The SMILES string of the molecule is CC.CCCCCCCc1ccc(-c2ccc(-c3ccc(C[SiH](C)C)c(F)c3F)cc2)cc1. The van der Waals surface area contributed by atoms with Crippen LogP contribution < -0.4 is 0 Å². The van der Waals surface area contributed by atoms with Crippen LogP contribution in [0.2, 0.25) is 13.1 Å². The molecule has 0 saturated carbocycles. The van der Waals surface area contributed by atoms with Crippen LogP contribution in [0.15, 0.2) is 60.7 Å². The molecule has 0 aliphatic heterocycles. The molecule has 3 aromatic carbocycles. The minimum Gasteiger partial charge on any atom is -0.203 e. The quantitative estimate of drug-likeness (QED) is 0.206. The predicted molar refractivity (Wildman–Crippen MR) is 144 cm³/mol. The van der Waals surface area contributed by atoms with Gasteiger partial charge in [0.15, 0.2) is 11.6 Å². The fraction of sp³-hybridized carbons (Fsp3) is 0.400. The average molecular weight is 467 g/mol. The Hall–Kier alpha value is -2.26. The van der Waals surface area contributed by atoms with Gasteiger partial charge in [-0.05, 0) is 46.7 Å². The average Bonchev–Trinajstić information content (AvgIpc) is 2.84. The number of aryl methyl sites for hydroxylation is 1. The summed E-state index contributed by atoms with van der Waals surface area (Å²) >= 11 is 0. The Morgan fingerprint density at radius 1 is 0.636 bits per heavy atom. The van der Waals surface area contributed by atoms with Crippen LogP contribution in [-0.4, -0.2) is 8.80 Å². The summed E-state index contributed by atoms with van der Waals surface area (Å²) in [7, 11) is -0.999. The third-order valence-electron chi connectivity index (χ3n) is 5.84. The second-order valence-electron chi connectivity index (χ2n) is 8.94. The molecule has 0 heterocycles. The maximum atomic E-state index is 14.7. The fourth-order valence-electron chi connectivity index (χ4n) is 4.05. The third kappa shape index (κ3) is 7.92. The van der Waals surface area contributed by atoms with Crippen molar-refractivity contribution >= 4 is 8.80 Å². The summed E-state index contributed by atoms with van der Waals surface area (Å²) in [5.74, 6) is -1.42. The number of halogens is 2. The van der Waals surface area contributed by atoms with E-state index in [1.165, 1.54) is 37.7 Å². The molecule has 0 atom stereocenters. The highest BCUT2D eigenvalue weighted by molar-refractivity contribution is 6.55. The van der Waals surface area contributed by atoms with E-state index in [2.05, 4.69) is 44.3 Å². The second kappa shape index (κ2) is 14.1. The van der Waals surface area contributed by atoms with E-state index in [0.29, 0.717) is 22.7 Å². The predicted octanol–water partition coefficient (Wildman–Crippen LogP) is 9.41. The molecule has 3 rings (SSSR count). The molecule has 0 N–H and O–H groups in total. The molecule has 0 fully saturated rings. The van der Waals surface area contributed by atoms with Gasteiger partial charge in [0.25, 0.3) is 0 Å². The molecule has 0 spiro atoms. The van der Waals surface area contributed by atoms with Crippen molar-refractivity contribution in [1.82, 2.24) is 0 Å². The Kier molecular flexibility index (Phi) is 11.5. The molecule has 3 heteroatoms. The second-order valence-corrected chi connectivity index (χ2v) is 12.1. The van der Waals surface area contributed by atoms with Crippen molar-refractivity contribution in [2.24, 2.45) is 0 Å². The highest BCUT2D eigenvalue weighted by atomic mass is 28.3. The molecular formula is C30H40F2Si. The number of rotatable bonds is 10. The lowest BCUT2D eigenvalue weighted by Gasteiger charge is -2.11. The van der Waals surface area contributed by atoms with E-state index in [0.717, 1.165) is 17.5 Å². The van der Waals surface area contributed by atoms with Crippen molar-refractivity contribution in [3.8, 4) is 22.3 Å². The van der Waals surface area contributed by atoms with Gasteiger partial charge in [0.2, 0.25) is 0 Å². The summed E-state index contributed by atoms with van der Waals surface area (Å²) in [5, 5.41) is 0. The molecule has 0 nitrogen and oxygen atoms in total. The van der Waals surface area contributed by atoms with Crippen molar-refractivity contribution in [3.05, 3.63) is 83.4 Å². The highest BCUT2D eigenvalue weighted by Crippen LogP contribution is 2.29. The summed E-state index contributed by atoms with van der Waals surface area (Å²) < 4.78 is 29.2. The molecule has 33 heavy (non-hydrogen) atoms. The van der Waals surface area contributed by atoms with Crippen LogP contribution in [0, 0.1) is 11.6 Å². The van der Waals surface area contributed by atoms with Gasteiger partial charge in [0.1, 0.15) is 0 Å². The van der Waals surface area contributed by atoms with Gasteiger partial charge in [-0.1, -0.05) is 120 Å². The normalized spacial score (nSPS) is 10.8. The van der Waals surface area contributed by atoms with Crippen LogP contribution in [0.25, 0.3) is 22.3 Å². The molecule has 0 saturated heterocycles. The molecule has 178 valence electrons. The zero-order valence-corrected chi connectivity index (χ0v) is 22.2. The Balaban J connectivity index is 0.00000187. The maximum absolute atomic E-state index is 14.7. The van der Waals surface area contributed by atoms with E-state index in [9.17, 15) is 8.78 Å². The first kappa shape index (κ1) is 27.0. The zero-order chi connectivity index (χ0) is 24.2. The third-order valence-corrected chi connectivity index (χ3v) is 7.10. The highest BCUT2D eigenvalue weighted by Gasteiger charge is 2.15. The lowest BCUT2D eigenvalue weighted by Crippen LogP contribution is -2.08. The number of hydrogen-bond acceptors (Lipinski definition) is 0. The number of benzene rings is 3. The Bertz CT molecular complexity index is 960. The first-order valence-corrected chi connectivity index (χ1v) is 15.8. The standard InChI is InChI=1S/C28H34F2Si.C2H6/c1-4-5-6-7-8-9-21-10-12-22(13-11-21)23-14-16-24(17-15-23)26-19-18-25(20-31(2)3)27(29)28(26)30;1-2/h10-19,31H,4-9,20H2,1-3H3;1-2H3. The molecular weight excluding hydrogens is 426 g/mol. The van der Waals surface area contributed by atoms with Gasteiger partial charge >= 0.3 is 0 Å². The van der Waals surface area contributed by atoms with Gasteiger partial charge in [0, 0.05) is 14.4 Å². The Morgan fingerprint density at radius 3 is 1.76 bits per heavy atom. The van der Waals surface area contributed by atoms with Crippen molar-refractivity contribution in [1.29, 1.82) is 0 Å². The number of hydrogen-bond donors (Lipinski definition) is 0. The first-order valence-electron chi connectivity index (χ1n) is 12.7. The van der Waals surface area contributed by atoms with Crippen molar-refractivity contribution in [2.45, 2.75) is 78.4 Å². The van der Waals surface area contributed by atoms with E-state index in [-0.39, 0.29) is 0 Å². The van der Waals surface area contributed by atoms with Gasteiger partial charge in [-0.25, -0.2) is 8.78 Å². The maximum Gasteiger partial charge on any atom is 0.166 e. The summed E-state index contributed by atoms with van der Waals surface area (Å²) in [6.45, 7) is 10.5. The molecule has 0 bridgehead atoms. The lowest BCUT2D eigenvalue weighted by atomic mass is 9.97. The summed E-state index contributed by atoms with van der Waals surface area (Å²) in [6.07, 6.45) is 7.61. The van der Waals surface area contributed by atoms with Crippen molar-refractivity contribution in [3.63, 3.8) is 0 Å². The summed E-state index contributed by atoms with van der Waals surface area (Å²) in [5.41, 5.74) is 5.14.